The number of nitrogens with two attached hydrogens (primary N) is 1. The fourth-order valence-corrected chi connectivity index (χ4v) is 3.92. The van der Waals surface area contributed by atoms with Gasteiger partial charge in [-0.25, -0.2) is 0 Å². The lowest BCUT2D eigenvalue weighted by Crippen LogP contribution is -2.58. The van der Waals surface area contributed by atoms with Gasteiger partial charge in [-0.05, 0) is 71.0 Å². The highest BCUT2D eigenvalue weighted by molar-refractivity contribution is 5.92. The van der Waals surface area contributed by atoms with Crippen LogP contribution >= 0.6 is 0 Å². The number of para-hydroxylation sites is 1. The molecule has 5 nitrogen and oxygen atoms in total. The van der Waals surface area contributed by atoms with E-state index in [-0.39, 0.29) is 5.54 Å². The quantitative estimate of drug-likeness (QED) is 0.658. The SMILES string of the molecule is CN1CCC(CN=C(N)Nc2ccccc2)(N2CCCCC2)CC1. The smallest absolute Gasteiger partial charge is 0.193 e. The van der Waals surface area contributed by atoms with Crippen LogP contribution in [0.3, 0.4) is 0 Å². The summed E-state index contributed by atoms with van der Waals surface area (Å²) in [7, 11) is 2.22. The van der Waals surface area contributed by atoms with Gasteiger partial charge in [0.2, 0.25) is 0 Å². The first-order chi connectivity index (χ1) is 11.7. The molecule has 2 fully saturated rings. The highest BCUT2D eigenvalue weighted by Crippen LogP contribution is 2.31. The number of rotatable bonds is 4. The van der Waals surface area contributed by atoms with Crippen molar-refractivity contribution < 1.29 is 0 Å². The predicted molar refractivity (Wildman–Crippen MR) is 101 cm³/mol. The molecule has 5 heteroatoms. The molecule has 0 aliphatic carbocycles. The molecule has 2 saturated heterocycles. The molecule has 1 aromatic carbocycles. The monoisotopic (exact) mass is 329 g/mol. The number of guanidine groups is 1. The first kappa shape index (κ1) is 17.2. The fraction of sp³-hybridized carbons (Fsp3) is 0.632. The number of hydrogen-bond donors (Lipinski definition) is 2. The van der Waals surface area contributed by atoms with E-state index in [9.17, 15) is 0 Å². The molecule has 2 aliphatic rings. The Kier molecular flexibility index (Phi) is 5.74. The van der Waals surface area contributed by atoms with Gasteiger partial charge in [-0.3, -0.25) is 9.89 Å². The number of anilines is 1. The zero-order valence-corrected chi connectivity index (χ0v) is 14.9. The van der Waals surface area contributed by atoms with Gasteiger partial charge in [0.1, 0.15) is 0 Å². The van der Waals surface area contributed by atoms with E-state index in [4.69, 9.17) is 10.7 Å². The standard InChI is InChI=1S/C19H31N5/c1-23-14-10-19(11-15-23,24-12-6-3-7-13-24)16-21-18(20)22-17-8-4-2-5-9-17/h2,4-5,8-9H,3,6-7,10-16H2,1H3,(H3,20,21,22). The second-order valence-electron chi connectivity index (χ2n) is 7.27. The first-order valence-electron chi connectivity index (χ1n) is 9.24. The summed E-state index contributed by atoms with van der Waals surface area (Å²) in [5.41, 5.74) is 7.33. The van der Waals surface area contributed by atoms with Gasteiger partial charge in [0.15, 0.2) is 5.96 Å². The maximum absolute atomic E-state index is 6.15. The minimum absolute atomic E-state index is 0.190. The summed E-state index contributed by atoms with van der Waals surface area (Å²) in [6.07, 6.45) is 6.38. The molecular weight excluding hydrogens is 298 g/mol. The van der Waals surface area contributed by atoms with Crippen molar-refractivity contribution in [1.29, 1.82) is 0 Å². The average molecular weight is 329 g/mol. The van der Waals surface area contributed by atoms with Crippen LogP contribution in [0, 0.1) is 0 Å². The minimum atomic E-state index is 0.190. The van der Waals surface area contributed by atoms with Crippen molar-refractivity contribution in [2.24, 2.45) is 10.7 Å². The maximum Gasteiger partial charge on any atom is 0.193 e. The van der Waals surface area contributed by atoms with Crippen LogP contribution in [0.1, 0.15) is 32.1 Å². The van der Waals surface area contributed by atoms with Crippen molar-refractivity contribution in [1.82, 2.24) is 9.80 Å². The molecule has 0 saturated carbocycles. The van der Waals surface area contributed by atoms with Gasteiger partial charge in [-0.2, -0.15) is 0 Å². The van der Waals surface area contributed by atoms with Gasteiger partial charge in [0, 0.05) is 11.2 Å². The Morgan fingerprint density at radius 2 is 1.75 bits per heavy atom. The Bertz CT molecular complexity index is 528. The summed E-state index contributed by atoms with van der Waals surface area (Å²) in [5.74, 6) is 0.525. The van der Waals surface area contributed by atoms with Crippen molar-refractivity contribution in [3.8, 4) is 0 Å². The Morgan fingerprint density at radius 3 is 2.42 bits per heavy atom. The van der Waals surface area contributed by atoms with Crippen molar-refractivity contribution >= 4 is 11.6 Å². The zero-order chi connectivity index (χ0) is 16.8. The summed E-state index contributed by atoms with van der Waals surface area (Å²) < 4.78 is 0. The minimum Gasteiger partial charge on any atom is -0.370 e. The molecule has 3 N–H and O–H groups in total. The van der Waals surface area contributed by atoms with Gasteiger partial charge in [-0.15, -0.1) is 0 Å². The molecule has 0 aromatic heterocycles. The molecule has 24 heavy (non-hydrogen) atoms. The van der Waals surface area contributed by atoms with E-state index in [2.05, 4.69) is 22.2 Å². The van der Waals surface area contributed by atoms with Gasteiger partial charge < -0.3 is 16.0 Å². The Morgan fingerprint density at radius 1 is 1.08 bits per heavy atom. The van der Waals surface area contributed by atoms with Crippen LogP contribution in [0.15, 0.2) is 35.3 Å². The predicted octanol–water partition coefficient (Wildman–Crippen LogP) is 2.36. The summed E-state index contributed by atoms with van der Waals surface area (Å²) >= 11 is 0. The van der Waals surface area contributed by atoms with E-state index in [1.54, 1.807) is 0 Å². The van der Waals surface area contributed by atoms with Crippen LogP contribution in [0.4, 0.5) is 5.69 Å². The first-order valence-corrected chi connectivity index (χ1v) is 9.24. The van der Waals surface area contributed by atoms with Crippen LogP contribution in [0.2, 0.25) is 0 Å². The zero-order valence-electron chi connectivity index (χ0n) is 14.9. The molecule has 0 bridgehead atoms. The summed E-state index contributed by atoms with van der Waals surface area (Å²) in [5, 5.41) is 3.21. The maximum atomic E-state index is 6.15. The van der Waals surface area contributed by atoms with E-state index in [0.29, 0.717) is 5.96 Å². The van der Waals surface area contributed by atoms with Crippen molar-refractivity contribution in [2.75, 3.05) is 45.1 Å². The summed E-state index contributed by atoms with van der Waals surface area (Å²) in [4.78, 5) is 9.86. The highest BCUT2D eigenvalue weighted by Gasteiger charge is 2.39. The van der Waals surface area contributed by atoms with E-state index >= 15 is 0 Å². The molecular formula is C19H31N5. The van der Waals surface area contributed by atoms with E-state index < -0.39 is 0 Å². The lowest BCUT2D eigenvalue weighted by molar-refractivity contribution is 0.0209. The largest absolute Gasteiger partial charge is 0.370 e. The molecule has 1 aromatic rings. The summed E-state index contributed by atoms with van der Waals surface area (Å²) in [6, 6.07) is 10.0. The molecule has 132 valence electrons. The number of piperidine rings is 2. The topological polar surface area (TPSA) is 56.9 Å². The van der Waals surface area contributed by atoms with Gasteiger partial charge in [-0.1, -0.05) is 24.6 Å². The number of nitrogens with one attached hydrogen (secondary N) is 1. The van der Waals surface area contributed by atoms with Crippen molar-refractivity contribution in [2.45, 2.75) is 37.6 Å². The van der Waals surface area contributed by atoms with Crippen molar-refractivity contribution in [3.05, 3.63) is 30.3 Å². The highest BCUT2D eigenvalue weighted by atomic mass is 15.3. The fourth-order valence-electron chi connectivity index (χ4n) is 3.92. The number of nitrogens with zero attached hydrogens (tertiary/aromatic N) is 3. The lowest BCUT2D eigenvalue weighted by Gasteiger charge is -2.49. The molecule has 3 rings (SSSR count). The average Bonchev–Trinajstić information content (AvgIpc) is 2.63. The second-order valence-corrected chi connectivity index (χ2v) is 7.27. The van der Waals surface area contributed by atoms with E-state index in [0.717, 1.165) is 25.3 Å². The van der Waals surface area contributed by atoms with Gasteiger partial charge >= 0.3 is 0 Å². The Balaban J connectivity index is 1.68. The molecule has 0 amide bonds. The second kappa shape index (κ2) is 7.99. The van der Waals surface area contributed by atoms with Crippen LogP contribution in [0.25, 0.3) is 0 Å². The van der Waals surface area contributed by atoms with Crippen molar-refractivity contribution in [3.63, 3.8) is 0 Å². The third kappa shape index (κ3) is 4.28. The molecule has 0 unspecified atom stereocenters. The van der Waals surface area contributed by atoms with E-state index in [1.807, 2.05) is 30.3 Å². The van der Waals surface area contributed by atoms with Crippen LogP contribution < -0.4 is 11.1 Å². The van der Waals surface area contributed by atoms with Gasteiger partial charge in [0.25, 0.3) is 0 Å². The molecule has 0 spiro atoms. The van der Waals surface area contributed by atoms with Crippen LogP contribution in [-0.2, 0) is 0 Å². The third-order valence-electron chi connectivity index (χ3n) is 5.53. The Labute approximate surface area is 145 Å². The number of benzene rings is 1. The number of likely N-dealkylation sites (tertiary alicyclic amines) is 2. The molecule has 2 heterocycles. The van der Waals surface area contributed by atoms with E-state index in [1.165, 1.54) is 45.2 Å². The van der Waals surface area contributed by atoms with Crippen LogP contribution in [0.5, 0.6) is 0 Å². The molecule has 0 radical (unpaired) electrons. The normalized spacial score (nSPS) is 23.1. The lowest BCUT2D eigenvalue weighted by atomic mass is 9.84. The van der Waals surface area contributed by atoms with Gasteiger partial charge in [0.05, 0.1) is 6.54 Å². The molecule has 0 atom stereocenters. The third-order valence-corrected chi connectivity index (χ3v) is 5.53. The number of hydrogen-bond acceptors (Lipinski definition) is 3. The number of aliphatic imine (C=N–C) groups is 1. The summed E-state index contributed by atoms with van der Waals surface area (Å²) in [6.45, 7) is 5.53. The van der Waals surface area contributed by atoms with Crippen LogP contribution in [-0.4, -0.2) is 61.1 Å². The Hall–Kier alpha value is -1.59. The molecule has 2 aliphatic heterocycles.